The molecular weight excluding hydrogens is 318 g/mol. The first-order valence-corrected chi connectivity index (χ1v) is 9.26. The molecule has 0 N–H and O–H groups in total. The van der Waals surface area contributed by atoms with E-state index in [2.05, 4.69) is 21.8 Å². The van der Waals surface area contributed by atoms with Crippen LogP contribution in [0.4, 0.5) is 11.8 Å². The van der Waals surface area contributed by atoms with Crippen LogP contribution in [0.5, 0.6) is 0 Å². The third-order valence-corrected chi connectivity index (χ3v) is 5.10. The predicted octanol–water partition coefficient (Wildman–Crippen LogP) is 1.40. The van der Waals surface area contributed by atoms with Crippen LogP contribution in [0.1, 0.15) is 26.2 Å². The van der Waals surface area contributed by atoms with Crippen molar-refractivity contribution in [3.63, 3.8) is 0 Å². The molecule has 0 aromatic carbocycles. The van der Waals surface area contributed by atoms with Crippen molar-refractivity contribution in [2.24, 2.45) is 5.92 Å². The van der Waals surface area contributed by atoms with Gasteiger partial charge in [-0.25, -0.2) is 4.98 Å². The summed E-state index contributed by atoms with van der Waals surface area (Å²) in [5.74, 6) is 1.94. The lowest BCUT2D eigenvalue weighted by atomic mass is 9.91. The Kier molecular flexibility index (Phi) is 5.73. The number of amides is 1. The molecule has 25 heavy (non-hydrogen) atoms. The second kappa shape index (κ2) is 7.99. The first-order chi connectivity index (χ1) is 12.1. The van der Waals surface area contributed by atoms with Crippen molar-refractivity contribution >= 4 is 17.7 Å². The van der Waals surface area contributed by atoms with Crippen molar-refractivity contribution in [1.29, 1.82) is 0 Å². The van der Waals surface area contributed by atoms with Crippen molar-refractivity contribution < 1.29 is 9.53 Å². The van der Waals surface area contributed by atoms with Gasteiger partial charge in [-0.15, -0.1) is 0 Å². The van der Waals surface area contributed by atoms with E-state index in [0.29, 0.717) is 5.95 Å². The van der Waals surface area contributed by atoms with Gasteiger partial charge in [0.2, 0.25) is 11.9 Å². The van der Waals surface area contributed by atoms with E-state index in [1.54, 1.807) is 6.20 Å². The van der Waals surface area contributed by atoms with Gasteiger partial charge in [0.05, 0.1) is 12.0 Å². The lowest BCUT2D eigenvalue weighted by molar-refractivity contribution is -0.145. The number of hydrogen-bond acceptors (Lipinski definition) is 6. The molecule has 0 spiro atoms. The molecule has 1 aromatic rings. The fourth-order valence-electron chi connectivity index (χ4n) is 3.65. The van der Waals surface area contributed by atoms with Gasteiger partial charge in [0.1, 0.15) is 5.82 Å². The number of carbonyl (C=O) groups is 1. The SMILES string of the molecule is CC[C@@H]1OCCC[C@@H]1C(=O)N1CCN(c2ccnc(N(C)C)n2)CC1. The molecule has 1 aromatic heterocycles. The molecule has 3 heterocycles. The molecule has 0 unspecified atom stereocenters. The normalized spacial score (nSPS) is 24.3. The topological polar surface area (TPSA) is 61.8 Å². The molecule has 0 saturated carbocycles. The Labute approximate surface area is 150 Å². The van der Waals surface area contributed by atoms with Crippen molar-refractivity contribution in [1.82, 2.24) is 14.9 Å². The highest BCUT2D eigenvalue weighted by Gasteiger charge is 2.34. The Morgan fingerprint density at radius 1 is 1.32 bits per heavy atom. The third-order valence-electron chi connectivity index (χ3n) is 5.10. The molecule has 2 aliphatic heterocycles. The third kappa shape index (κ3) is 4.03. The van der Waals surface area contributed by atoms with E-state index in [9.17, 15) is 4.79 Å². The highest BCUT2D eigenvalue weighted by molar-refractivity contribution is 5.80. The number of anilines is 2. The summed E-state index contributed by atoms with van der Waals surface area (Å²) in [5.41, 5.74) is 0. The van der Waals surface area contributed by atoms with E-state index in [1.165, 1.54) is 0 Å². The van der Waals surface area contributed by atoms with Gasteiger partial charge in [0.25, 0.3) is 0 Å². The number of hydrogen-bond donors (Lipinski definition) is 0. The Balaban J connectivity index is 1.60. The van der Waals surface area contributed by atoms with Crippen molar-refractivity contribution in [3.05, 3.63) is 12.3 Å². The van der Waals surface area contributed by atoms with Crippen LogP contribution < -0.4 is 9.80 Å². The van der Waals surface area contributed by atoms with E-state index >= 15 is 0 Å². The summed E-state index contributed by atoms with van der Waals surface area (Å²) < 4.78 is 5.80. The standard InChI is InChI=1S/C18H29N5O2/c1-4-15-14(6-5-13-25-15)17(24)23-11-9-22(10-12-23)16-7-8-19-18(20-16)21(2)3/h7-8,14-15H,4-6,9-13H2,1-3H3/t14-,15-/m0/s1. The molecule has 0 radical (unpaired) electrons. The number of aromatic nitrogens is 2. The second-order valence-corrected chi connectivity index (χ2v) is 6.99. The molecular formula is C18H29N5O2. The highest BCUT2D eigenvalue weighted by atomic mass is 16.5. The Morgan fingerprint density at radius 3 is 2.76 bits per heavy atom. The summed E-state index contributed by atoms with van der Waals surface area (Å²) in [4.78, 5) is 27.9. The van der Waals surface area contributed by atoms with Crippen molar-refractivity contribution in [3.8, 4) is 0 Å². The van der Waals surface area contributed by atoms with E-state index in [4.69, 9.17) is 4.74 Å². The number of piperazine rings is 1. The van der Waals surface area contributed by atoms with E-state index in [-0.39, 0.29) is 17.9 Å². The molecule has 138 valence electrons. The van der Waals surface area contributed by atoms with E-state index in [1.807, 2.05) is 30.0 Å². The van der Waals surface area contributed by atoms with Crippen LogP contribution in [0, 0.1) is 5.92 Å². The summed E-state index contributed by atoms with van der Waals surface area (Å²) in [7, 11) is 3.87. The first kappa shape index (κ1) is 17.9. The summed E-state index contributed by atoms with van der Waals surface area (Å²) in [6, 6.07) is 1.94. The zero-order valence-electron chi connectivity index (χ0n) is 15.5. The number of ether oxygens (including phenoxy) is 1. The Morgan fingerprint density at radius 2 is 2.08 bits per heavy atom. The fourth-order valence-corrected chi connectivity index (χ4v) is 3.65. The van der Waals surface area contributed by atoms with Crippen LogP contribution in [0.3, 0.4) is 0 Å². The maximum atomic E-state index is 12.9. The number of carbonyl (C=O) groups excluding carboxylic acids is 1. The lowest BCUT2D eigenvalue weighted by Crippen LogP contribution is -2.52. The van der Waals surface area contributed by atoms with Gasteiger partial charge in [0, 0.05) is 53.1 Å². The lowest BCUT2D eigenvalue weighted by Gasteiger charge is -2.39. The molecule has 2 saturated heterocycles. The Hall–Kier alpha value is -1.89. The van der Waals surface area contributed by atoms with Crippen molar-refractivity contribution in [2.45, 2.75) is 32.3 Å². The zero-order valence-corrected chi connectivity index (χ0v) is 15.5. The van der Waals surface area contributed by atoms with Crippen LogP contribution in [0.25, 0.3) is 0 Å². The average molecular weight is 347 g/mol. The van der Waals surface area contributed by atoms with Gasteiger partial charge in [0.15, 0.2) is 0 Å². The van der Waals surface area contributed by atoms with Crippen LogP contribution >= 0.6 is 0 Å². The molecule has 2 aliphatic rings. The van der Waals surface area contributed by atoms with E-state index < -0.39 is 0 Å². The largest absolute Gasteiger partial charge is 0.377 e. The molecule has 3 rings (SSSR count). The first-order valence-electron chi connectivity index (χ1n) is 9.26. The Bertz CT molecular complexity index is 587. The molecule has 1 amide bonds. The maximum Gasteiger partial charge on any atom is 0.228 e. The minimum absolute atomic E-state index is 0.0321. The predicted molar refractivity (Wildman–Crippen MR) is 97.9 cm³/mol. The van der Waals surface area contributed by atoms with Crippen LogP contribution in [-0.2, 0) is 9.53 Å². The molecule has 0 aliphatic carbocycles. The molecule has 2 fully saturated rings. The van der Waals surface area contributed by atoms with Gasteiger partial charge in [-0.2, -0.15) is 4.98 Å². The van der Waals surface area contributed by atoms with Gasteiger partial charge in [-0.1, -0.05) is 6.92 Å². The maximum absolute atomic E-state index is 12.9. The quantitative estimate of drug-likeness (QED) is 0.820. The number of rotatable bonds is 4. The molecule has 0 bridgehead atoms. The van der Waals surface area contributed by atoms with Crippen LogP contribution in [-0.4, -0.2) is 73.8 Å². The van der Waals surface area contributed by atoms with Crippen molar-refractivity contribution in [2.75, 3.05) is 56.7 Å². The van der Waals surface area contributed by atoms with Gasteiger partial charge >= 0.3 is 0 Å². The second-order valence-electron chi connectivity index (χ2n) is 6.99. The highest BCUT2D eigenvalue weighted by Crippen LogP contribution is 2.26. The molecule has 2 atom stereocenters. The van der Waals surface area contributed by atoms with Gasteiger partial charge in [-0.05, 0) is 25.3 Å². The van der Waals surface area contributed by atoms with Gasteiger partial charge in [-0.3, -0.25) is 4.79 Å². The number of nitrogens with zero attached hydrogens (tertiary/aromatic N) is 5. The minimum Gasteiger partial charge on any atom is -0.377 e. The smallest absolute Gasteiger partial charge is 0.228 e. The summed E-state index contributed by atoms with van der Waals surface area (Å²) in [6.07, 6.45) is 4.73. The van der Waals surface area contributed by atoms with Crippen LogP contribution in [0.2, 0.25) is 0 Å². The summed E-state index contributed by atoms with van der Waals surface area (Å²) in [6.45, 7) is 5.99. The molecule has 7 nitrogen and oxygen atoms in total. The average Bonchev–Trinajstić information content (AvgIpc) is 2.67. The van der Waals surface area contributed by atoms with E-state index in [0.717, 1.165) is 57.9 Å². The minimum atomic E-state index is 0.0321. The van der Waals surface area contributed by atoms with Crippen LogP contribution in [0.15, 0.2) is 12.3 Å². The fraction of sp³-hybridized carbons (Fsp3) is 0.722. The zero-order chi connectivity index (χ0) is 17.8. The summed E-state index contributed by atoms with van der Waals surface area (Å²) in [5, 5.41) is 0. The summed E-state index contributed by atoms with van der Waals surface area (Å²) >= 11 is 0. The monoisotopic (exact) mass is 347 g/mol. The van der Waals surface area contributed by atoms with Gasteiger partial charge < -0.3 is 19.4 Å². The molecule has 7 heteroatoms.